The molecule has 0 atom stereocenters. The number of nitriles is 1. The largest absolute Gasteiger partial charge is 0.369 e. The number of rotatable bonds is 5. The van der Waals surface area contributed by atoms with Gasteiger partial charge in [0.1, 0.15) is 18.0 Å². The minimum Gasteiger partial charge on any atom is -0.369 e. The fraction of sp³-hybridized carbons (Fsp3) is 0.227. The molecule has 1 saturated heterocycles. The molecule has 146 valence electrons. The van der Waals surface area contributed by atoms with Gasteiger partial charge in [-0.2, -0.15) is 5.26 Å². The summed E-state index contributed by atoms with van der Waals surface area (Å²) < 4.78 is 0. The standard InChI is InChI=1S/C22H23N7/c1-28-9-11-29(12-10-28)20-7-5-18(6-8-20)26-21-14-22(25-16-24-21)27-19-4-2-3-17(13-19)15-23/h2-8,13-14,16H,9-12H2,1H3,(H2,24,25,26,27). The van der Waals surface area contributed by atoms with Crippen LogP contribution in [0.5, 0.6) is 0 Å². The van der Waals surface area contributed by atoms with Gasteiger partial charge in [-0.25, -0.2) is 9.97 Å². The smallest absolute Gasteiger partial charge is 0.135 e. The molecule has 7 heteroatoms. The van der Waals surface area contributed by atoms with Crippen molar-refractivity contribution in [2.75, 3.05) is 48.8 Å². The lowest BCUT2D eigenvalue weighted by Gasteiger charge is -2.34. The Morgan fingerprint density at radius 3 is 2.24 bits per heavy atom. The van der Waals surface area contributed by atoms with E-state index in [1.165, 1.54) is 12.0 Å². The van der Waals surface area contributed by atoms with Gasteiger partial charge in [-0.15, -0.1) is 0 Å². The van der Waals surface area contributed by atoms with Crippen LogP contribution in [0.4, 0.5) is 28.7 Å². The molecule has 0 aliphatic carbocycles. The van der Waals surface area contributed by atoms with E-state index in [9.17, 15) is 0 Å². The number of benzene rings is 2. The summed E-state index contributed by atoms with van der Waals surface area (Å²) in [5, 5.41) is 15.6. The first-order valence-electron chi connectivity index (χ1n) is 9.59. The molecule has 0 spiro atoms. The summed E-state index contributed by atoms with van der Waals surface area (Å²) in [4.78, 5) is 13.3. The predicted octanol–water partition coefficient (Wildman–Crippen LogP) is 3.59. The number of hydrogen-bond acceptors (Lipinski definition) is 7. The first kappa shape index (κ1) is 18.7. The number of hydrogen-bond donors (Lipinski definition) is 2. The van der Waals surface area contributed by atoms with Gasteiger partial charge in [-0.05, 0) is 49.5 Å². The lowest BCUT2D eigenvalue weighted by Crippen LogP contribution is -2.44. The molecule has 4 rings (SSSR count). The van der Waals surface area contributed by atoms with Crippen molar-refractivity contribution in [3.05, 3.63) is 66.5 Å². The number of anilines is 5. The van der Waals surface area contributed by atoms with Crippen LogP contribution in [0.1, 0.15) is 5.56 Å². The van der Waals surface area contributed by atoms with Gasteiger partial charge in [0.15, 0.2) is 0 Å². The van der Waals surface area contributed by atoms with Crippen molar-refractivity contribution in [2.24, 2.45) is 0 Å². The molecule has 29 heavy (non-hydrogen) atoms. The van der Waals surface area contributed by atoms with Crippen molar-refractivity contribution in [1.82, 2.24) is 14.9 Å². The Morgan fingerprint density at radius 2 is 1.55 bits per heavy atom. The molecular formula is C22H23N7. The van der Waals surface area contributed by atoms with Crippen LogP contribution in [0.3, 0.4) is 0 Å². The maximum Gasteiger partial charge on any atom is 0.135 e. The van der Waals surface area contributed by atoms with E-state index in [-0.39, 0.29) is 0 Å². The molecule has 0 radical (unpaired) electrons. The predicted molar refractivity (Wildman–Crippen MR) is 116 cm³/mol. The third-order valence-electron chi connectivity index (χ3n) is 4.94. The molecule has 1 aliphatic heterocycles. The summed E-state index contributed by atoms with van der Waals surface area (Å²) in [5.41, 5.74) is 3.62. The van der Waals surface area contributed by atoms with E-state index < -0.39 is 0 Å². The van der Waals surface area contributed by atoms with Crippen molar-refractivity contribution in [3.63, 3.8) is 0 Å². The molecule has 2 heterocycles. The van der Waals surface area contributed by atoms with E-state index in [0.29, 0.717) is 17.2 Å². The van der Waals surface area contributed by atoms with Gasteiger partial charge in [0.25, 0.3) is 0 Å². The Labute approximate surface area is 170 Å². The van der Waals surface area contributed by atoms with E-state index in [0.717, 1.165) is 37.6 Å². The zero-order chi connectivity index (χ0) is 20.1. The summed E-state index contributed by atoms with van der Waals surface area (Å²) in [6.45, 7) is 4.29. The lowest BCUT2D eigenvalue weighted by atomic mass is 10.2. The topological polar surface area (TPSA) is 80.1 Å². The van der Waals surface area contributed by atoms with Crippen LogP contribution < -0.4 is 15.5 Å². The molecule has 0 saturated carbocycles. The van der Waals surface area contributed by atoms with E-state index in [1.54, 1.807) is 12.1 Å². The van der Waals surface area contributed by atoms with Crippen LogP contribution in [0, 0.1) is 11.3 Å². The Hall–Kier alpha value is -3.63. The van der Waals surface area contributed by atoms with Gasteiger partial charge >= 0.3 is 0 Å². The van der Waals surface area contributed by atoms with Gasteiger partial charge < -0.3 is 20.4 Å². The van der Waals surface area contributed by atoms with Crippen molar-refractivity contribution in [3.8, 4) is 6.07 Å². The Bertz CT molecular complexity index is 1000. The summed E-state index contributed by atoms with van der Waals surface area (Å²) in [6.07, 6.45) is 1.51. The second kappa shape index (κ2) is 8.59. The highest BCUT2D eigenvalue weighted by molar-refractivity contribution is 5.65. The minimum atomic E-state index is 0.600. The maximum atomic E-state index is 9.03. The van der Waals surface area contributed by atoms with Crippen LogP contribution in [-0.4, -0.2) is 48.1 Å². The molecule has 0 bridgehead atoms. The molecule has 0 unspecified atom stereocenters. The number of nitrogens with one attached hydrogen (secondary N) is 2. The number of likely N-dealkylation sites (N-methyl/N-ethyl adjacent to an activating group) is 1. The molecule has 1 aliphatic rings. The van der Waals surface area contributed by atoms with Crippen molar-refractivity contribution >= 4 is 28.7 Å². The minimum absolute atomic E-state index is 0.600. The molecule has 2 aromatic carbocycles. The van der Waals surface area contributed by atoms with Gasteiger partial charge in [0.05, 0.1) is 11.6 Å². The van der Waals surface area contributed by atoms with Crippen molar-refractivity contribution < 1.29 is 0 Å². The van der Waals surface area contributed by atoms with Crippen LogP contribution in [-0.2, 0) is 0 Å². The highest BCUT2D eigenvalue weighted by Gasteiger charge is 2.14. The first-order valence-corrected chi connectivity index (χ1v) is 9.59. The monoisotopic (exact) mass is 385 g/mol. The third-order valence-corrected chi connectivity index (χ3v) is 4.94. The SMILES string of the molecule is CN1CCN(c2ccc(Nc3cc(Nc4cccc(C#N)c4)ncn3)cc2)CC1. The van der Waals surface area contributed by atoms with Crippen LogP contribution >= 0.6 is 0 Å². The maximum absolute atomic E-state index is 9.03. The van der Waals surface area contributed by atoms with Gasteiger partial charge in [-0.3, -0.25) is 0 Å². The van der Waals surface area contributed by atoms with Gasteiger partial charge in [0, 0.05) is 49.3 Å². The van der Waals surface area contributed by atoms with Crippen molar-refractivity contribution in [2.45, 2.75) is 0 Å². The highest BCUT2D eigenvalue weighted by atomic mass is 15.2. The molecule has 2 N–H and O–H groups in total. The Kier molecular flexibility index (Phi) is 5.54. The quantitative estimate of drug-likeness (QED) is 0.695. The van der Waals surface area contributed by atoms with Gasteiger partial charge in [-0.1, -0.05) is 6.07 Å². The second-order valence-electron chi connectivity index (χ2n) is 7.07. The van der Waals surface area contributed by atoms with Crippen molar-refractivity contribution in [1.29, 1.82) is 5.26 Å². The Balaban J connectivity index is 1.42. The zero-order valence-electron chi connectivity index (χ0n) is 16.3. The normalized spacial score (nSPS) is 14.3. The third kappa shape index (κ3) is 4.81. The van der Waals surface area contributed by atoms with E-state index >= 15 is 0 Å². The molecule has 7 nitrogen and oxygen atoms in total. The summed E-state index contributed by atoms with van der Waals surface area (Å²) >= 11 is 0. The fourth-order valence-electron chi connectivity index (χ4n) is 3.28. The number of piperazine rings is 1. The Morgan fingerprint density at radius 1 is 0.862 bits per heavy atom. The van der Waals surface area contributed by atoms with Gasteiger partial charge in [0.2, 0.25) is 0 Å². The molecule has 3 aromatic rings. The van der Waals surface area contributed by atoms with Crippen LogP contribution in [0.15, 0.2) is 60.9 Å². The summed E-state index contributed by atoms with van der Waals surface area (Å²) in [6, 6.07) is 19.7. The molecule has 0 amide bonds. The van der Waals surface area contributed by atoms with E-state index in [1.807, 2.05) is 18.2 Å². The fourth-order valence-corrected chi connectivity index (χ4v) is 3.28. The zero-order valence-corrected chi connectivity index (χ0v) is 16.3. The number of nitrogens with zero attached hydrogens (tertiary/aromatic N) is 5. The summed E-state index contributed by atoms with van der Waals surface area (Å²) in [5.74, 6) is 1.36. The van der Waals surface area contributed by atoms with E-state index in [4.69, 9.17) is 5.26 Å². The molecule has 1 fully saturated rings. The van der Waals surface area contributed by atoms with E-state index in [2.05, 4.69) is 67.8 Å². The summed E-state index contributed by atoms with van der Waals surface area (Å²) in [7, 11) is 2.16. The molecule has 1 aromatic heterocycles. The van der Waals surface area contributed by atoms with Crippen LogP contribution in [0.25, 0.3) is 0 Å². The molecular weight excluding hydrogens is 362 g/mol. The average molecular weight is 385 g/mol. The highest BCUT2D eigenvalue weighted by Crippen LogP contribution is 2.23. The average Bonchev–Trinajstić information content (AvgIpc) is 2.75. The van der Waals surface area contributed by atoms with Crippen LogP contribution in [0.2, 0.25) is 0 Å². The number of aromatic nitrogens is 2. The lowest BCUT2D eigenvalue weighted by molar-refractivity contribution is 0.313. The first-order chi connectivity index (χ1) is 14.2. The second-order valence-corrected chi connectivity index (χ2v) is 7.07.